The molecule has 2 N–H and O–H groups in total. The average molecular weight is 368 g/mol. The van der Waals surface area contributed by atoms with E-state index in [1.165, 1.54) is 11.1 Å². The van der Waals surface area contributed by atoms with Gasteiger partial charge in [0.15, 0.2) is 11.5 Å². The molecule has 2 aliphatic carbocycles. The number of piperidine rings is 1. The van der Waals surface area contributed by atoms with Crippen LogP contribution in [-0.2, 0) is 16.6 Å². The Labute approximate surface area is 160 Å². The predicted octanol–water partition coefficient (Wildman–Crippen LogP) is 2.51. The number of hydrogen-bond donors (Lipinski definition) is 2. The van der Waals surface area contributed by atoms with Crippen molar-refractivity contribution in [3.8, 4) is 11.5 Å². The Kier molecular flexibility index (Phi) is 3.49. The summed E-state index contributed by atoms with van der Waals surface area (Å²) >= 11 is 0. The van der Waals surface area contributed by atoms with E-state index in [-0.39, 0.29) is 34.6 Å². The molecule has 5 heteroatoms. The molecule has 1 aromatic rings. The zero-order valence-electron chi connectivity index (χ0n) is 16.1. The molecule has 1 aromatic carbocycles. The molecule has 2 bridgehead atoms. The molecule has 0 radical (unpaired) electrons. The van der Waals surface area contributed by atoms with E-state index in [0.29, 0.717) is 11.8 Å². The van der Waals surface area contributed by atoms with E-state index in [0.717, 1.165) is 38.8 Å². The van der Waals surface area contributed by atoms with Gasteiger partial charge in [-0.15, -0.1) is 6.58 Å². The number of aromatic hydroxyl groups is 1. The van der Waals surface area contributed by atoms with Gasteiger partial charge in [-0.3, -0.25) is 9.69 Å². The van der Waals surface area contributed by atoms with Crippen LogP contribution in [0.5, 0.6) is 11.5 Å². The number of carbonyl (C=O) groups is 1. The van der Waals surface area contributed by atoms with Crippen molar-refractivity contribution in [1.82, 2.24) is 10.2 Å². The molecular formula is C22H28N2O3. The molecule has 144 valence electrons. The highest BCUT2D eigenvalue weighted by atomic mass is 16.5. The Bertz CT molecular complexity index is 837. The number of nitrogens with zero attached hydrogens (tertiary/aromatic N) is 1. The molecule has 1 spiro atoms. The molecule has 5 nitrogen and oxygen atoms in total. The van der Waals surface area contributed by atoms with Gasteiger partial charge in [-0.25, -0.2) is 0 Å². The van der Waals surface area contributed by atoms with E-state index in [2.05, 4.69) is 29.8 Å². The van der Waals surface area contributed by atoms with Gasteiger partial charge < -0.3 is 15.2 Å². The minimum Gasteiger partial charge on any atom is -0.504 e. The summed E-state index contributed by atoms with van der Waals surface area (Å²) in [5.41, 5.74) is 2.42. The van der Waals surface area contributed by atoms with Gasteiger partial charge in [0.25, 0.3) is 0 Å². The molecular weight excluding hydrogens is 340 g/mol. The fourth-order valence-electron chi connectivity index (χ4n) is 6.88. The van der Waals surface area contributed by atoms with Gasteiger partial charge in [0, 0.05) is 30.5 Å². The zero-order valence-corrected chi connectivity index (χ0v) is 16.1. The SMILES string of the molecule is C=CCN1CC[C@]23c4c5ccc(O)c4O[C@H]2[C@H](NC(C)=O)CC[C@@]3(C)C1C5. The van der Waals surface area contributed by atoms with E-state index in [9.17, 15) is 9.90 Å². The summed E-state index contributed by atoms with van der Waals surface area (Å²) in [5.74, 6) is 0.880. The third kappa shape index (κ3) is 1.96. The summed E-state index contributed by atoms with van der Waals surface area (Å²) in [6, 6.07) is 4.26. The maximum Gasteiger partial charge on any atom is 0.217 e. The molecule has 1 saturated carbocycles. The third-order valence-corrected chi connectivity index (χ3v) is 7.89. The first-order chi connectivity index (χ1) is 12.9. The molecule has 2 heterocycles. The van der Waals surface area contributed by atoms with Crippen LogP contribution in [0.2, 0.25) is 0 Å². The molecule has 4 aliphatic rings. The van der Waals surface area contributed by atoms with Gasteiger partial charge in [-0.05, 0) is 49.3 Å². The molecule has 1 saturated heterocycles. The third-order valence-electron chi connectivity index (χ3n) is 7.89. The van der Waals surface area contributed by atoms with Crippen molar-refractivity contribution in [2.24, 2.45) is 5.41 Å². The smallest absolute Gasteiger partial charge is 0.217 e. The molecule has 27 heavy (non-hydrogen) atoms. The highest BCUT2D eigenvalue weighted by Crippen LogP contribution is 2.68. The maximum absolute atomic E-state index is 11.9. The Hall–Kier alpha value is -2.01. The number of carbonyl (C=O) groups excluding carboxylic acids is 1. The van der Waals surface area contributed by atoms with Crippen LogP contribution in [0.4, 0.5) is 0 Å². The van der Waals surface area contributed by atoms with Gasteiger partial charge in [-0.1, -0.05) is 19.1 Å². The lowest BCUT2D eigenvalue weighted by Crippen LogP contribution is -2.73. The maximum atomic E-state index is 11.9. The second kappa shape index (κ2) is 5.51. The Morgan fingerprint density at radius 2 is 2.30 bits per heavy atom. The minimum atomic E-state index is -0.150. The number of ether oxygens (including phenoxy) is 1. The van der Waals surface area contributed by atoms with Gasteiger partial charge in [0.2, 0.25) is 5.91 Å². The lowest BCUT2D eigenvalue weighted by atomic mass is 9.43. The van der Waals surface area contributed by atoms with Crippen LogP contribution in [0.3, 0.4) is 0 Å². The molecule has 1 amide bonds. The first-order valence-corrected chi connectivity index (χ1v) is 10.1. The minimum absolute atomic E-state index is 0.0135. The summed E-state index contributed by atoms with van der Waals surface area (Å²) < 4.78 is 6.48. The molecule has 2 fully saturated rings. The number of rotatable bonds is 3. The van der Waals surface area contributed by atoms with Gasteiger partial charge >= 0.3 is 0 Å². The van der Waals surface area contributed by atoms with Crippen LogP contribution in [0.25, 0.3) is 0 Å². The van der Waals surface area contributed by atoms with E-state index >= 15 is 0 Å². The zero-order chi connectivity index (χ0) is 19.0. The van der Waals surface area contributed by atoms with Gasteiger partial charge in [-0.2, -0.15) is 0 Å². The Morgan fingerprint density at radius 3 is 3.04 bits per heavy atom. The molecule has 0 aromatic heterocycles. The first kappa shape index (κ1) is 17.1. The lowest BCUT2D eigenvalue weighted by molar-refractivity contribution is -0.133. The molecule has 5 atom stereocenters. The van der Waals surface area contributed by atoms with Gasteiger partial charge in [0.05, 0.1) is 6.04 Å². The fourth-order valence-corrected chi connectivity index (χ4v) is 6.88. The van der Waals surface area contributed by atoms with Crippen molar-refractivity contribution in [1.29, 1.82) is 0 Å². The second-order valence-electron chi connectivity index (χ2n) is 8.97. The summed E-state index contributed by atoms with van der Waals surface area (Å²) in [6.07, 6.45) is 5.81. The second-order valence-corrected chi connectivity index (χ2v) is 8.97. The Balaban J connectivity index is 1.72. The van der Waals surface area contributed by atoms with E-state index in [1.54, 1.807) is 13.0 Å². The van der Waals surface area contributed by atoms with Crippen molar-refractivity contribution in [2.75, 3.05) is 13.1 Å². The van der Waals surface area contributed by atoms with Crippen LogP contribution >= 0.6 is 0 Å². The quantitative estimate of drug-likeness (QED) is 0.805. The number of benzene rings is 1. The largest absolute Gasteiger partial charge is 0.504 e. The van der Waals surface area contributed by atoms with E-state index in [4.69, 9.17) is 4.74 Å². The number of phenols is 1. The van der Waals surface area contributed by atoms with Crippen molar-refractivity contribution < 1.29 is 14.6 Å². The molecule has 1 unspecified atom stereocenters. The van der Waals surface area contributed by atoms with E-state index in [1.807, 2.05) is 6.08 Å². The highest BCUT2D eigenvalue weighted by Gasteiger charge is 2.71. The average Bonchev–Trinajstić information content (AvgIpc) is 2.97. The van der Waals surface area contributed by atoms with Crippen LogP contribution in [0.1, 0.15) is 44.2 Å². The van der Waals surface area contributed by atoms with Crippen molar-refractivity contribution in [2.45, 2.75) is 63.1 Å². The van der Waals surface area contributed by atoms with Crippen LogP contribution < -0.4 is 10.1 Å². The Morgan fingerprint density at radius 1 is 1.48 bits per heavy atom. The first-order valence-electron chi connectivity index (χ1n) is 10.1. The number of amides is 1. The topological polar surface area (TPSA) is 61.8 Å². The number of likely N-dealkylation sites (tertiary alicyclic amines) is 1. The van der Waals surface area contributed by atoms with Crippen LogP contribution in [0.15, 0.2) is 24.8 Å². The number of phenolic OH excluding ortho intramolecular Hbond substituents is 1. The summed E-state index contributed by atoms with van der Waals surface area (Å²) in [4.78, 5) is 14.4. The lowest BCUT2D eigenvalue weighted by Gasteiger charge is -2.65. The normalized spacial score (nSPS) is 38.7. The fraction of sp³-hybridized carbons (Fsp3) is 0.591. The van der Waals surface area contributed by atoms with Crippen molar-refractivity contribution in [3.63, 3.8) is 0 Å². The monoisotopic (exact) mass is 368 g/mol. The van der Waals surface area contributed by atoms with Crippen LogP contribution in [-0.4, -0.2) is 47.2 Å². The molecule has 5 rings (SSSR count). The van der Waals surface area contributed by atoms with Crippen molar-refractivity contribution in [3.05, 3.63) is 35.9 Å². The summed E-state index contributed by atoms with van der Waals surface area (Å²) in [5, 5.41) is 13.7. The van der Waals surface area contributed by atoms with E-state index < -0.39 is 0 Å². The summed E-state index contributed by atoms with van der Waals surface area (Å²) in [7, 11) is 0. The standard InChI is InChI=1S/C22H28N2O3/c1-4-10-24-11-9-22-18-14-5-6-16(26)19(18)27-20(22)15(23-13(2)25)7-8-21(22,3)17(24)12-14/h4-6,15,17,20,26H,1,7-12H2,2-3H3,(H,23,25)/t15-,17?,20+,21+,22+/m1/s1. The number of nitrogens with one attached hydrogen (secondary N) is 1. The van der Waals surface area contributed by atoms with Gasteiger partial charge in [0.1, 0.15) is 6.10 Å². The number of hydrogen-bond acceptors (Lipinski definition) is 4. The highest BCUT2D eigenvalue weighted by molar-refractivity contribution is 5.73. The molecule has 2 aliphatic heterocycles. The van der Waals surface area contributed by atoms with Crippen molar-refractivity contribution >= 4 is 5.91 Å². The van der Waals surface area contributed by atoms with Crippen LogP contribution in [0, 0.1) is 5.41 Å². The summed E-state index contributed by atoms with van der Waals surface area (Å²) in [6.45, 7) is 9.85. The predicted molar refractivity (Wildman–Crippen MR) is 103 cm³/mol.